The van der Waals surface area contributed by atoms with E-state index >= 15 is 0 Å². The van der Waals surface area contributed by atoms with Crippen LogP contribution in [-0.2, 0) is 0 Å². The third-order valence-electron chi connectivity index (χ3n) is 4.28. The fourth-order valence-electron chi connectivity index (χ4n) is 2.80. The van der Waals surface area contributed by atoms with Gasteiger partial charge >= 0.3 is 0 Å². The zero-order valence-electron chi connectivity index (χ0n) is 12.6. The Hall–Kier alpha value is -2.33. The summed E-state index contributed by atoms with van der Waals surface area (Å²) in [5, 5.41) is 13.1. The number of piperazine rings is 1. The van der Waals surface area contributed by atoms with Crippen LogP contribution in [-0.4, -0.2) is 42.0 Å². The average molecular weight is 328 g/mol. The summed E-state index contributed by atoms with van der Waals surface area (Å²) >= 11 is 1.53. The van der Waals surface area contributed by atoms with Crippen molar-refractivity contribution in [3.05, 3.63) is 34.0 Å². The molecular formula is C16H16N4O2S. The highest BCUT2D eigenvalue weighted by atomic mass is 32.1. The Labute approximate surface area is 137 Å². The number of anilines is 1. The molecule has 1 saturated heterocycles. The summed E-state index contributed by atoms with van der Waals surface area (Å²) in [7, 11) is 0. The summed E-state index contributed by atoms with van der Waals surface area (Å²) in [5.74, 6) is 1.71. The number of nitrogens with zero attached hydrogens (tertiary/aromatic N) is 4. The molecule has 6 nitrogen and oxygen atoms in total. The summed E-state index contributed by atoms with van der Waals surface area (Å²) in [4.78, 5) is 20.5. The third-order valence-corrected chi connectivity index (χ3v) is 4.96. The van der Waals surface area contributed by atoms with Gasteiger partial charge in [-0.25, -0.2) is 4.98 Å². The second kappa shape index (κ2) is 5.70. The standard InChI is InChI=1S/C16H16N4O2S/c17-9-13-16(22-14(18-13)11-1-2-11)20-6-4-19(5-7-20)15(21)12-3-8-23-10-12/h3,8,10-11H,1-2,4-7H2. The van der Waals surface area contributed by atoms with Crippen molar-refractivity contribution in [3.63, 3.8) is 0 Å². The fraction of sp³-hybridized carbons (Fsp3) is 0.438. The van der Waals surface area contributed by atoms with Crippen molar-refractivity contribution >= 4 is 23.1 Å². The second-order valence-electron chi connectivity index (χ2n) is 5.88. The van der Waals surface area contributed by atoms with Crippen LogP contribution in [0.5, 0.6) is 0 Å². The fourth-order valence-corrected chi connectivity index (χ4v) is 3.43. The second-order valence-corrected chi connectivity index (χ2v) is 6.66. The molecule has 0 N–H and O–H groups in total. The van der Waals surface area contributed by atoms with E-state index in [2.05, 4.69) is 11.1 Å². The monoisotopic (exact) mass is 328 g/mol. The summed E-state index contributed by atoms with van der Waals surface area (Å²) in [6.45, 7) is 2.56. The molecule has 1 aliphatic heterocycles. The van der Waals surface area contributed by atoms with Crippen LogP contribution in [0.25, 0.3) is 0 Å². The van der Waals surface area contributed by atoms with Gasteiger partial charge in [-0.2, -0.15) is 16.6 Å². The molecule has 2 fully saturated rings. The van der Waals surface area contributed by atoms with Crippen LogP contribution in [0.3, 0.4) is 0 Å². The minimum Gasteiger partial charge on any atom is -0.423 e. The lowest BCUT2D eigenvalue weighted by Gasteiger charge is -2.34. The number of hydrogen-bond acceptors (Lipinski definition) is 6. The van der Waals surface area contributed by atoms with Gasteiger partial charge in [-0.15, -0.1) is 0 Å². The number of rotatable bonds is 3. The molecule has 0 atom stereocenters. The topological polar surface area (TPSA) is 73.4 Å². The van der Waals surface area contributed by atoms with E-state index < -0.39 is 0 Å². The van der Waals surface area contributed by atoms with Crippen molar-refractivity contribution < 1.29 is 9.21 Å². The van der Waals surface area contributed by atoms with Gasteiger partial charge in [0.25, 0.3) is 5.91 Å². The highest BCUT2D eigenvalue weighted by Crippen LogP contribution is 2.41. The number of amides is 1. The lowest BCUT2D eigenvalue weighted by molar-refractivity contribution is 0.0746. The van der Waals surface area contributed by atoms with Crippen LogP contribution in [0.15, 0.2) is 21.2 Å². The number of hydrogen-bond donors (Lipinski definition) is 0. The Morgan fingerprint density at radius 3 is 2.74 bits per heavy atom. The highest BCUT2D eigenvalue weighted by molar-refractivity contribution is 7.08. The van der Waals surface area contributed by atoms with E-state index in [1.165, 1.54) is 11.3 Å². The number of carbonyl (C=O) groups is 1. The van der Waals surface area contributed by atoms with Gasteiger partial charge in [0, 0.05) is 37.5 Å². The van der Waals surface area contributed by atoms with Crippen LogP contribution in [0.1, 0.15) is 40.7 Å². The van der Waals surface area contributed by atoms with Crippen LogP contribution < -0.4 is 4.90 Å². The minimum atomic E-state index is 0.0719. The van der Waals surface area contributed by atoms with Gasteiger partial charge in [0.2, 0.25) is 17.5 Å². The van der Waals surface area contributed by atoms with E-state index in [4.69, 9.17) is 4.42 Å². The predicted molar refractivity (Wildman–Crippen MR) is 85.6 cm³/mol. The molecule has 1 amide bonds. The summed E-state index contributed by atoms with van der Waals surface area (Å²) < 4.78 is 5.83. The van der Waals surface area contributed by atoms with Crippen molar-refractivity contribution in [2.75, 3.05) is 31.1 Å². The molecule has 7 heteroatoms. The van der Waals surface area contributed by atoms with Crippen molar-refractivity contribution in [1.29, 1.82) is 5.26 Å². The molecule has 1 aliphatic carbocycles. The molecule has 4 rings (SSSR count). The molecule has 2 aromatic rings. The lowest BCUT2D eigenvalue weighted by Crippen LogP contribution is -2.48. The maximum Gasteiger partial charge on any atom is 0.254 e. The molecular weight excluding hydrogens is 312 g/mol. The van der Waals surface area contributed by atoms with Gasteiger partial charge < -0.3 is 14.2 Å². The molecule has 118 valence electrons. The number of thiophene rings is 1. The van der Waals surface area contributed by atoms with E-state index in [-0.39, 0.29) is 5.91 Å². The van der Waals surface area contributed by atoms with Crippen molar-refractivity contribution in [2.24, 2.45) is 0 Å². The van der Waals surface area contributed by atoms with Crippen LogP contribution in [0.4, 0.5) is 5.88 Å². The van der Waals surface area contributed by atoms with Gasteiger partial charge in [-0.05, 0) is 24.3 Å². The Kier molecular flexibility index (Phi) is 3.54. The van der Waals surface area contributed by atoms with Gasteiger partial charge in [-0.1, -0.05) is 0 Å². The summed E-state index contributed by atoms with van der Waals surface area (Å²) in [6, 6.07) is 3.98. The molecule has 2 aliphatic rings. The highest BCUT2D eigenvalue weighted by Gasteiger charge is 2.32. The van der Waals surface area contributed by atoms with Crippen LogP contribution in [0, 0.1) is 11.3 Å². The van der Waals surface area contributed by atoms with E-state index in [9.17, 15) is 10.1 Å². The van der Waals surface area contributed by atoms with E-state index in [0.29, 0.717) is 49.6 Å². The first kappa shape index (κ1) is 14.3. The minimum absolute atomic E-state index is 0.0719. The van der Waals surface area contributed by atoms with Crippen molar-refractivity contribution in [3.8, 4) is 6.07 Å². The molecule has 2 aromatic heterocycles. The first-order valence-corrected chi connectivity index (χ1v) is 8.68. The first-order chi connectivity index (χ1) is 11.3. The summed E-state index contributed by atoms with van der Waals surface area (Å²) in [5.41, 5.74) is 1.11. The average Bonchev–Trinajstić information content (AvgIpc) is 3.14. The zero-order valence-corrected chi connectivity index (χ0v) is 13.4. The Morgan fingerprint density at radius 1 is 1.35 bits per heavy atom. The van der Waals surface area contributed by atoms with E-state index in [1.54, 1.807) is 0 Å². The van der Waals surface area contributed by atoms with Crippen LogP contribution >= 0.6 is 11.3 Å². The number of carbonyl (C=O) groups excluding carboxylic acids is 1. The van der Waals surface area contributed by atoms with Gasteiger partial charge in [0.1, 0.15) is 6.07 Å². The molecule has 0 bridgehead atoms. The molecule has 0 radical (unpaired) electrons. The molecule has 0 spiro atoms. The number of nitriles is 1. The lowest BCUT2D eigenvalue weighted by atomic mass is 10.2. The smallest absolute Gasteiger partial charge is 0.254 e. The SMILES string of the molecule is N#Cc1nc(C2CC2)oc1N1CCN(C(=O)c2ccsc2)CC1. The predicted octanol–water partition coefficient (Wildman–Crippen LogP) is 2.45. The number of aromatic nitrogens is 1. The largest absolute Gasteiger partial charge is 0.423 e. The van der Waals surface area contributed by atoms with Gasteiger partial charge in [0.05, 0.1) is 5.56 Å². The Bertz CT molecular complexity index is 750. The summed E-state index contributed by atoms with van der Waals surface area (Å²) in [6.07, 6.45) is 2.18. The Morgan fingerprint density at radius 2 is 2.13 bits per heavy atom. The van der Waals surface area contributed by atoms with Crippen molar-refractivity contribution in [1.82, 2.24) is 9.88 Å². The normalized spacial score (nSPS) is 18.0. The molecule has 23 heavy (non-hydrogen) atoms. The van der Waals surface area contributed by atoms with Gasteiger partial charge in [0.15, 0.2) is 0 Å². The first-order valence-electron chi connectivity index (χ1n) is 7.73. The van der Waals surface area contributed by atoms with Gasteiger partial charge in [-0.3, -0.25) is 4.79 Å². The van der Waals surface area contributed by atoms with Crippen LogP contribution in [0.2, 0.25) is 0 Å². The van der Waals surface area contributed by atoms with E-state index in [1.807, 2.05) is 26.6 Å². The Balaban J connectivity index is 1.45. The number of oxazole rings is 1. The molecule has 3 heterocycles. The molecule has 0 aromatic carbocycles. The molecule has 0 unspecified atom stereocenters. The maximum absolute atomic E-state index is 12.4. The molecule has 1 saturated carbocycles. The third kappa shape index (κ3) is 2.70. The maximum atomic E-state index is 12.4. The zero-order chi connectivity index (χ0) is 15.8. The quantitative estimate of drug-likeness (QED) is 0.865. The van der Waals surface area contributed by atoms with E-state index in [0.717, 1.165) is 18.4 Å². The van der Waals surface area contributed by atoms with Crippen molar-refractivity contribution in [2.45, 2.75) is 18.8 Å².